The lowest BCUT2D eigenvalue weighted by atomic mass is 10.3. The van der Waals surface area contributed by atoms with Gasteiger partial charge in [-0.3, -0.25) is 4.18 Å². The Labute approximate surface area is 93.1 Å². The van der Waals surface area contributed by atoms with E-state index in [2.05, 4.69) is 9.17 Å². The molecule has 0 spiro atoms. The lowest BCUT2D eigenvalue weighted by Crippen LogP contribution is -2.04. The average Bonchev–Trinajstić information content (AvgIpc) is 2.14. The van der Waals surface area contributed by atoms with Gasteiger partial charge in [-0.1, -0.05) is 11.6 Å². The van der Waals surface area contributed by atoms with Crippen molar-refractivity contribution in [2.75, 3.05) is 13.4 Å². The minimum atomic E-state index is -3.49. The summed E-state index contributed by atoms with van der Waals surface area (Å²) >= 11 is 5.70. The number of halogens is 1. The average molecular weight is 252 g/mol. The number of aromatic nitrogens is 1. The van der Waals surface area contributed by atoms with Crippen LogP contribution < -0.4 is 4.74 Å². The molecular weight excluding hydrogens is 242 g/mol. The molecule has 84 valence electrons. The number of rotatable bonds is 4. The topological polar surface area (TPSA) is 65.5 Å². The smallest absolute Gasteiger partial charge is 0.264 e. The van der Waals surface area contributed by atoms with Crippen LogP contribution in [0.15, 0.2) is 12.3 Å². The molecule has 1 aromatic rings. The van der Waals surface area contributed by atoms with E-state index in [0.717, 1.165) is 6.26 Å². The molecule has 7 heteroatoms. The van der Waals surface area contributed by atoms with Crippen LogP contribution in [0.1, 0.15) is 5.56 Å². The first-order valence-electron chi connectivity index (χ1n) is 3.95. The van der Waals surface area contributed by atoms with E-state index < -0.39 is 10.1 Å². The van der Waals surface area contributed by atoms with Crippen LogP contribution in [0, 0.1) is 0 Å². The third-order valence-corrected chi connectivity index (χ3v) is 2.27. The second-order valence-corrected chi connectivity index (χ2v) is 4.87. The first kappa shape index (κ1) is 12.2. The van der Waals surface area contributed by atoms with Gasteiger partial charge in [-0.2, -0.15) is 8.42 Å². The predicted molar refractivity (Wildman–Crippen MR) is 55.4 cm³/mol. The molecule has 0 N–H and O–H groups in total. The van der Waals surface area contributed by atoms with Crippen LogP contribution in [0.3, 0.4) is 0 Å². The fraction of sp³-hybridized carbons (Fsp3) is 0.375. The van der Waals surface area contributed by atoms with E-state index in [4.69, 9.17) is 16.3 Å². The van der Waals surface area contributed by atoms with Gasteiger partial charge in [0.25, 0.3) is 10.1 Å². The Kier molecular flexibility index (Phi) is 3.90. The number of hydrogen-bond donors (Lipinski definition) is 0. The molecule has 0 aromatic carbocycles. The molecule has 0 amide bonds. The largest absolute Gasteiger partial charge is 0.481 e. The van der Waals surface area contributed by atoms with Crippen molar-refractivity contribution in [2.45, 2.75) is 6.61 Å². The van der Waals surface area contributed by atoms with Gasteiger partial charge in [-0.25, -0.2) is 4.98 Å². The summed E-state index contributed by atoms with van der Waals surface area (Å²) in [5.41, 5.74) is 0.482. The minimum absolute atomic E-state index is 0.143. The Morgan fingerprint density at radius 2 is 2.20 bits per heavy atom. The maximum atomic E-state index is 10.8. The molecule has 15 heavy (non-hydrogen) atoms. The van der Waals surface area contributed by atoms with Crippen molar-refractivity contribution in [3.05, 3.63) is 22.8 Å². The molecule has 0 radical (unpaired) electrons. The molecule has 1 heterocycles. The lowest BCUT2D eigenvalue weighted by Gasteiger charge is -2.06. The maximum absolute atomic E-state index is 10.8. The molecule has 0 aliphatic carbocycles. The Hall–Kier alpha value is -0.850. The summed E-state index contributed by atoms with van der Waals surface area (Å²) in [7, 11) is -2.06. The van der Waals surface area contributed by atoms with E-state index in [1.807, 2.05) is 0 Å². The van der Waals surface area contributed by atoms with Gasteiger partial charge < -0.3 is 4.74 Å². The van der Waals surface area contributed by atoms with Crippen LogP contribution in [-0.2, 0) is 20.9 Å². The summed E-state index contributed by atoms with van der Waals surface area (Å²) in [6.07, 6.45) is 2.38. The van der Waals surface area contributed by atoms with Gasteiger partial charge in [0.15, 0.2) is 0 Å². The normalized spacial score (nSPS) is 11.4. The fourth-order valence-electron chi connectivity index (χ4n) is 0.926. The molecule has 5 nitrogen and oxygen atoms in total. The number of ether oxygens (including phenoxy) is 1. The van der Waals surface area contributed by atoms with Gasteiger partial charge in [-0.15, -0.1) is 0 Å². The lowest BCUT2D eigenvalue weighted by molar-refractivity contribution is 0.299. The first-order chi connectivity index (χ1) is 6.92. The van der Waals surface area contributed by atoms with Crippen molar-refractivity contribution in [1.82, 2.24) is 4.98 Å². The summed E-state index contributed by atoms with van der Waals surface area (Å²) < 4.78 is 31.1. The molecular formula is C8H10ClNO4S. The highest BCUT2D eigenvalue weighted by atomic mass is 35.5. The van der Waals surface area contributed by atoms with Gasteiger partial charge in [0, 0.05) is 11.8 Å². The highest BCUT2D eigenvalue weighted by Gasteiger charge is 2.09. The van der Waals surface area contributed by atoms with Crippen molar-refractivity contribution in [1.29, 1.82) is 0 Å². The summed E-state index contributed by atoms with van der Waals surface area (Å²) in [5.74, 6) is 0.294. The summed E-state index contributed by atoms with van der Waals surface area (Å²) in [6, 6.07) is 1.54. The SMILES string of the molecule is COc1ncc(Cl)cc1COS(C)(=O)=O. The quantitative estimate of drug-likeness (QED) is 0.753. The highest BCUT2D eigenvalue weighted by Crippen LogP contribution is 2.20. The zero-order valence-corrected chi connectivity index (χ0v) is 9.80. The van der Waals surface area contributed by atoms with Crippen LogP contribution >= 0.6 is 11.6 Å². The number of pyridine rings is 1. The Morgan fingerprint density at radius 3 is 2.73 bits per heavy atom. The molecule has 0 aliphatic rings. The molecule has 0 atom stereocenters. The Bertz CT molecular complexity index is 446. The Morgan fingerprint density at radius 1 is 1.53 bits per heavy atom. The van der Waals surface area contributed by atoms with Crippen LogP contribution in [0.25, 0.3) is 0 Å². The predicted octanol–water partition coefficient (Wildman–Crippen LogP) is 1.22. The molecule has 0 saturated heterocycles. The van der Waals surface area contributed by atoms with E-state index >= 15 is 0 Å². The van der Waals surface area contributed by atoms with Gasteiger partial charge >= 0.3 is 0 Å². The maximum Gasteiger partial charge on any atom is 0.264 e. The monoisotopic (exact) mass is 251 g/mol. The highest BCUT2D eigenvalue weighted by molar-refractivity contribution is 7.85. The fourth-order valence-corrected chi connectivity index (χ4v) is 1.45. The van der Waals surface area contributed by atoms with E-state index in [0.29, 0.717) is 16.5 Å². The van der Waals surface area contributed by atoms with E-state index in [1.165, 1.54) is 13.3 Å². The van der Waals surface area contributed by atoms with Crippen LogP contribution in [0.2, 0.25) is 5.02 Å². The molecule has 0 bridgehead atoms. The zero-order valence-electron chi connectivity index (χ0n) is 8.23. The molecule has 1 aromatic heterocycles. The van der Waals surface area contributed by atoms with Crippen molar-refractivity contribution in [2.24, 2.45) is 0 Å². The zero-order chi connectivity index (χ0) is 11.5. The summed E-state index contributed by atoms with van der Waals surface area (Å²) in [4.78, 5) is 3.87. The van der Waals surface area contributed by atoms with Gasteiger partial charge in [-0.05, 0) is 6.07 Å². The van der Waals surface area contributed by atoms with Crippen molar-refractivity contribution in [3.63, 3.8) is 0 Å². The second kappa shape index (κ2) is 4.78. The van der Waals surface area contributed by atoms with Crippen LogP contribution in [-0.4, -0.2) is 26.8 Å². The van der Waals surface area contributed by atoms with Gasteiger partial charge in [0.05, 0.1) is 25.0 Å². The van der Waals surface area contributed by atoms with E-state index in [-0.39, 0.29) is 6.61 Å². The van der Waals surface area contributed by atoms with Crippen molar-refractivity contribution >= 4 is 21.7 Å². The number of nitrogens with zero attached hydrogens (tertiary/aromatic N) is 1. The molecule has 0 aliphatic heterocycles. The summed E-state index contributed by atoms with van der Waals surface area (Å²) in [5, 5.41) is 0.392. The summed E-state index contributed by atoms with van der Waals surface area (Å²) in [6.45, 7) is -0.143. The molecule has 0 fully saturated rings. The molecule has 0 saturated carbocycles. The first-order valence-corrected chi connectivity index (χ1v) is 6.14. The Balaban J connectivity index is 2.88. The van der Waals surface area contributed by atoms with E-state index in [9.17, 15) is 8.42 Å². The second-order valence-electron chi connectivity index (χ2n) is 2.79. The van der Waals surface area contributed by atoms with Crippen LogP contribution in [0.5, 0.6) is 5.88 Å². The number of methoxy groups -OCH3 is 1. The van der Waals surface area contributed by atoms with E-state index in [1.54, 1.807) is 6.07 Å². The molecule has 1 rings (SSSR count). The van der Waals surface area contributed by atoms with Crippen molar-refractivity contribution < 1.29 is 17.3 Å². The van der Waals surface area contributed by atoms with Crippen molar-refractivity contribution in [3.8, 4) is 5.88 Å². The standard InChI is InChI=1S/C8H10ClNO4S/c1-13-8-6(3-7(9)4-10-8)5-14-15(2,11)12/h3-4H,5H2,1-2H3. The van der Waals surface area contributed by atoms with Gasteiger partial charge in [0.2, 0.25) is 5.88 Å². The van der Waals surface area contributed by atoms with Gasteiger partial charge in [0.1, 0.15) is 0 Å². The molecule has 0 unspecified atom stereocenters. The third-order valence-electron chi connectivity index (χ3n) is 1.51. The third kappa shape index (κ3) is 4.03. The number of hydrogen-bond acceptors (Lipinski definition) is 5. The van der Waals surface area contributed by atoms with Crippen LogP contribution in [0.4, 0.5) is 0 Å². The minimum Gasteiger partial charge on any atom is -0.481 e.